The Bertz CT molecular complexity index is 365. The number of rotatable bonds is 3. The van der Waals surface area contributed by atoms with Crippen LogP contribution < -0.4 is 11.1 Å². The van der Waals surface area contributed by atoms with Gasteiger partial charge in [-0.05, 0) is 50.1 Å². The Balaban J connectivity index is 2.02. The van der Waals surface area contributed by atoms with Crippen molar-refractivity contribution in [2.24, 2.45) is 0 Å². The van der Waals surface area contributed by atoms with E-state index < -0.39 is 0 Å². The summed E-state index contributed by atoms with van der Waals surface area (Å²) in [4.78, 5) is 0. The minimum Gasteiger partial charge on any atom is -0.398 e. The third kappa shape index (κ3) is 2.46. The smallest absolute Gasteiger partial charge is 0.0392 e. The molecule has 0 saturated heterocycles. The third-order valence-electron chi connectivity index (χ3n) is 3.45. The Hall–Kier alpha value is -0.830. The summed E-state index contributed by atoms with van der Waals surface area (Å²) < 4.78 is 0. The zero-order valence-electron chi connectivity index (χ0n) is 9.99. The van der Waals surface area contributed by atoms with E-state index in [1.807, 2.05) is 23.9 Å². The number of hydrogen-bond acceptors (Lipinski definition) is 3. The summed E-state index contributed by atoms with van der Waals surface area (Å²) in [5.41, 5.74) is 9.16. The van der Waals surface area contributed by atoms with Gasteiger partial charge in [0, 0.05) is 22.7 Å². The number of hydrogen-bond donors (Lipinski definition) is 2. The van der Waals surface area contributed by atoms with Gasteiger partial charge in [0.15, 0.2) is 0 Å². The van der Waals surface area contributed by atoms with Gasteiger partial charge in [0.05, 0.1) is 0 Å². The fourth-order valence-corrected chi connectivity index (χ4v) is 3.11. The van der Waals surface area contributed by atoms with Crippen molar-refractivity contribution in [3.8, 4) is 0 Å². The Labute approximate surface area is 102 Å². The molecule has 0 amide bonds. The molecule has 1 aromatic rings. The zero-order chi connectivity index (χ0) is 11.5. The van der Waals surface area contributed by atoms with Gasteiger partial charge in [-0.25, -0.2) is 0 Å². The van der Waals surface area contributed by atoms with Crippen molar-refractivity contribution in [1.82, 2.24) is 0 Å². The van der Waals surface area contributed by atoms with Crippen molar-refractivity contribution in [1.29, 1.82) is 0 Å². The summed E-state index contributed by atoms with van der Waals surface area (Å²) in [5.74, 6) is 0. The van der Waals surface area contributed by atoms with Gasteiger partial charge in [-0.1, -0.05) is 6.07 Å². The quantitative estimate of drug-likeness (QED) is 0.791. The second kappa shape index (κ2) is 5.00. The molecule has 16 heavy (non-hydrogen) atoms. The van der Waals surface area contributed by atoms with E-state index in [0.29, 0.717) is 6.04 Å². The minimum absolute atomic E-state index is 0.623. The van der Waals surface area contributed by atoms with Gasteiger partial charge >= 0.3 is 0 Å². The van der Waals surface area contributed by atoms with Crippen molar-refractivity contribution in [3.05, 3.63) is 23.8 Å². The van der Waals surface area contributed by atoms with E-state index in [1.165, 1.54) is 30.5 Å². The molecule has 1 aromatic carbocycles. The Morgan fingerprint density at radius 3 is 2.88 bits per heavy atom. The third-order valence-corrected chi connectivity index (χ3v) is 4.55. The second-order valence-electron chi connectivity index (χ2n) is 4.53. The number of benzene rings is 1. The monoisotopic (exact) mass is 236 g/mol. The van der Waals surface area contributed by atoms with Crippen LogP contribution in [-0.2, 0) is 0 Å². The molecule has 0 spiro atoms. The molecule has 2 nitrogen and oxygen atoms in total. The van der Waals surface area contributed by atoms with Gasteiger partial charge in [-0.2, -0.15) is 11.8 Å². The molecule has 1 saturated carbocycles. The van der Waals surface area contributed by atoms with Crippen LogP contribution in [0.4, 0.5) is 11.4 Å². The van der Waals surface area contributed by atoms with Crippen LogP contribution in [0.2, 0.25) is 0 Å². The standard InChI is InChI=1S/C13H20N2S/c1-9-12(14)4-3-5-13(9)15-10-6-7-11(8-10)16-2/h3-5,10-11,15H,6-8,14H2,1-2H3. The molecule has 0 aliphatic heterocycles. The van der Waals surface area contributed by atoms with Gasteiger partial charge in [0.1, 0.15) is 0 Å². The first kappa shape index (κ1) is 11.6. The molecule has 0 bridgehead atoms. The van der Waals surface area contributed by atoms with Gasteiger partial charge in [-0.15, -0.1) is 0 Å². The second-order valence-corrected chi connectivity index (χ2v) is 5.67. The summed E-state index contributed by atoms with van der Waals surface area (Å²) in [5, 5.41) is 4.45. The Morgan fingerprint density at radius 1 is 1.38 bits per heavy atom. The maximum Gasteiger partial charge on any atom is 0.0392 e. The Morgan fingerprint density at radius 2 is 2.19 bits per heavy atom. The molecule has 1 aliphatic carbocycles. The van der Waals surface area contributed by atoms with Crippen LogP contribution in [0.15, 0.2) is 18.2 Å². The lowest BCUT2D eigenvalue weighted by atomic mass is 10.1. The van der Waals surface area contributed by atoms with Crippen LogP contribution >= 0.6 is 11.8 Å². The van der Waals surface area contributed by atoms with Crippen LogP contribution in [0.1, 0.15) is 24.8 Å². The molecule has 0 radical (unpaired) electrons. The van der Waals surface area contributed by atoms with Gasteiger partial charge in [0.25, 0.3) is 0 Å². The van der Waals surface area contributed by atoms with Gasteiger partial charge in [0.2, 0.25) is 0 Å². The lowest BCUT2D eigenvalue weighted by Crippen LogP contribution is -2.16. The molecule has 3 heteroatoms. The minimum atomic E-state index is 0.623. The van der Waals surface area contributed by atoms with E-state index >= 15 is 0 Å². The summed E-state index contributed by atoms with van der Waals surface area (Å²) >= 11 is 1.99. The van der Waals surface area contributed by atoms with Gasteiger partial charge < -0.3 is 11.1 Å². The van der Waals surface area contributed by atoms with E-state index in [-0.39, 0.29) is 0 Å². The highest BCUT2D eigenvalue weighted by molar-refractivity contribution is 7.99. The average Bonchev–Trinajstić information content (AvgIpc) is 2.73. The van der Waals surface area contributed by atoms with Crippen molar-refractivity contribution in [2.45, 2.75) is 37.5 Å². The molecule has 1 aliphatic rings. The fourth-order valence-electron chi connectivity index (χ4n) is 2.32. The average molecular weight is 236 g/mol. The predicted molar refractivity (Wildman–Crippen MR) is 74.2 cm³/mol. The van der Waals surface area contributed by atoms with E-state index in [4.69, 9.17) is 5.73 Å². The highest BCUT2D eigenvalue weighted by Gasteiger charge is 2.23. The zero-order valence-corrected chi connectivity index (χ0v) is 10.8. The topological polar surface area (TPSA) is 38.0 Å². The highest BCUT2D eigenvalue weighted by Crippen LogP contribution is 2.31. The highest BCUT2D eigenvalue weighted by atomic mass is 32.2. The molecule has 2 atom stereocenters. The molecular weight excluding hydrogens is 216 g/mol. The van der Waals surface area contributed by atoms with Crippen LogP contribution in [-0.4, -0.2) is 17.5 Å². The molecule has 3 N–H and O–H groups in total. The van der Waals surface area contributed by atoms with E-state index in [2.05, 4.69) is 24.6 Å². The molecule has 88 valence electrons. The van der Waals surface area contributed by atoms with E-state index in [0.717, 1.165) is 10.9 Å². The number of thioether (sulfide) groups is 1. The van der Waals surface area contributed by atoms with E-state index in [1.54, 1.807) is 0 Å². The summed E-state index contributed by atoms with van der Waals surface area (Å²) in [6, 6.07) is 6.72. The maximum atomic E-state index is 5.90. The fraction of sp³-hybridized carbons (Fsp3) is 0.538. The van der Waals surface area contributed by atoms with Crippen LogP contribution in [0.25, 0.3) is 0 Å². The molecule has 0 aromatic heterocycles. The van der Waals surface area contributed by atoms with Crippen molar-refractivity contribution in [2.75, 3.05) is 17.3 Å². The van der Waals surface area contributed by atoms with Crippen molar-refractivity contribution < 1.29 is 0 Å². The molecule has 1 fully saturated rings. The lowest BCUT2D eigenvalue weighted by molar-refractivity contribution is 0.756. The van der Waals surface area contributed by atoms with Crippen LogP contribution in [0, 0.1) is 6.92 Å². The lowest BCUT2D eigenvalue weighted by Gasteiger charge is -2.17. The van der Waals surface area contributed by atoms with Crippen molar-refractivity contribution >= 4 is 23.1 Å². The molecule has 0 heterocycles. The molecular formula is C13H20N2S. The van der Waals surface area contributed by atoms with E-state index in [9.17, 15) is 0 Å². The predicted octanol–water partition coefficient (Wildman–Crippen LogP) is 3.27. The number of anilines is 2. The number of nitrogens with one attached hydrogen (secondary N) is 1. The number of nitrogens with two attached hydrogens (primary N) is 1. The van der Waals surface area contributed by atoms with Crippen molar-refractivity contribution in [3.63, 3.8) is 0 Å². The molecule has 2 rings (SSSR count). The van der Waals surface area contributed by atoms with Crippen LogP contribution in [0.3, 0.4) is 0 Å². The summed E-state index contributed by atoms with van der Waals surface area (Å²) in [6.45, 7) is 2.08. The largest absolute Gasteiger partial charge is 0.398 e. The normalized spacial score (nSPS) is 24.6. The first-order valence-corrected chi connectivity index (χ1v) is 7.14. The van der Waals surface area contributed by atoms with Gasteiger partial charge in [-0.3, -0.25) is 0 Å². The SMILES string of the molecule is CSC1CCC(Nc2cccc(N)c2C)C1. The summed E-state index contributed by atoms with van der Waals surface area (Å²) in [7, 11) is 0. The first-order chi connectivity index (χ1) is 7.70. The molecule has 2 unspecified atom stereocenters. The van der Waals surface area contributed by atoms with Crippen LogP contribution in [0.5, 0.6) is 0 Å². The number of nitrogen functional groups attached to an aromatic ring is 1. The first-order valence-electron chi connectivity index (χ1n) is 5.85. The maximum absolute atomic E-state index is 5.90. The summed E-state index contributed by atoms with van der Waals surface area (Å²) in [6.07, 6.45) is 6.09. The Kier molecular flexibility index (Phi) is 3.64.